The van der Waals surface area contributed by atoms with Crippen LogP contribution in [0.5, 0.6) is 0 Å². The average Bonchev–Trinajstić information content (AvgIpc) is 3.07. The summed E-state index contributed by atoms with van der Waals surface area (Å²) in [6, 6.07) is 16.7. The second kappa shape index (κ2) is 9.79. The first-order chi connectivity index (χ1) is 15.1. The van der Waals surface area contributed by atoms with Gasteiger partial charge >= 0.3 is 6.03 Å². The number of nitrogens with one attached hydrogen (secondary N) is 2. The Morgan fingerprint density at radius 2 is 1.65 bits per heavy atom. The van der Waals surface area contributed by atoms with E-state index in [1.807, 2.05) is 49.4 Å². The molecule has 31 heavy (non-hydrogen) atoms. The fraction of sp³-hybridized carbons (Fsp3) is 0.292. The van der Waals surface area contributed by atoms with Crippen LogP contribution in [0.1, 0.15) is 31.2 Å². The summed E-state index contributed by atoms with van der Waals surface area (Å²) in [7, 11) is 0. The van der Waals surface area contributed by atoms with E-state index in [1.165, 1.54) is 25.7 Å². The van der Waals surface area contributed by atoms with E-state index in [4.69, 9.17) is 11.6 Å². The van der Waals surface area contributed by atoms with Gasteiger partial charge in [0, 0.05) is 35.1 Å². The zero-order valence-corrected chi connectivity index (χ0v) is 18.3. The van der Waals surface area contributed by atoms with Crippen LogP contribution in [-0.2, 0) is 0 Å². The lowest BCUT2D eigenvalue weighted by molar-refractivity contribution is 0.262. The van der Waals surface area contributed by atoms with Gasteiger partial charge in [-0.3, -0.25) is 0 Å². The number of hydrogen-bond donors (Lipinski definition) is 2. The summed E-state index contributed by atoms with van der Waals surface area (Å²) in [4.78, 5) is 14.6. The van der Waals surface area contributed by atoms with Gasteiger partial charge < -0.3 is 15.5 Å². The first-order valence-corrected chi connectivity index (χ1v) is 11.0. The Hall–Kier alpha value is -3.12. The standard InChI is InChI=1S/C24H26ClN5O/c1-17-20(25)7-6-8-21(17)27-24(31)26-19-11-9-18(10-12-19)22-13-14-23(29-28-22)30-15-4-2-3-5-16-30/h6-14H,2-5,15-16H2,1H3,(H2,26,27,31). The van der Waals surface area contributed by atoms with Crippen LogP contribution in [0.3, 0.4) is 0 Å². The monoisotopic (exact) mass is 435 g/mol. The molecule has 0 bridgehead atoms. The van der Waals surface area contributed by atoms with Crippen LogP contribution < -0.4 is 15.5 Å². The van der Waals surface area contributed by atoms with Crippen LogP contribution in [0.25, 0.3) is 11.3 Å². The average molecular weight is 436 g/mol. The van der Waals surface area contributed by atoms with Crippen molar-refractivity contribution in [2.75, 3.05) is 28.6 Å². The Labute approximate surface area is 187 Å². The minimum atomic E-state index is -0.320. The van der Waals surface area contributed by atoms with Crippen molar-refractivity contribution in [2.24, 2.45) is 0 Å². The van der Waals surface area contributed by atoms with Gasteiger partial charge in [0.1, 0.15) is 0 Å². The zero-order chi connectivity index (χ0) is 21.6. The highest BCUT2D eigenvalue weighted by Crippen LogP contribution is 2.24. The number of carbonyl (C=O) groups excluding carboxylic acids is 1. The third-order valence-corrected chi connectivity index (χ3v) is 5.94. The third-order valence-electron chi connectivity index (χ3n) is 5.53. The Morgan fingerprint density at radius 1 is 0.903 bits per heavy atom. The highest BCUT2D eigenvalue weighted by Gasteiger charge is 2.12. The lowest BCUT2D eigenvalue weighted by Crippen LogP contribution is -2.25. The molecule has 1 aromatic heterocycles. The number of anilines is 3. The second-order valence-corrected chi connectivity index (χ2v) is 8.15. The molecule has 0 aliphatic carbocycles. The van der Waals surface area contributed by atoms with Gasteiger partial charge in [-0.2, -0.15) is 0 Å². The third kappa shape index (κ3) is 5.33. The molecule has 1 fully saturated rings. The molecule has 1 aliphatic heterocycles. The quantitative estimate of drug-likeness (QED) is 0.517. The molecule has 160 valence electrons. The molecule has 4 rings (SSSR count). The number of amides is 2. The van der Waals surface area contributed by atoms with Crippen molar-refractivity contribution in [3.8, 4) is 11.3 Å². The van der Waals surface area contributed by atoms with Gasteiger partial charge in [-0.15, -0.1) is 10.2 Å². The topological polar surface area (TPSA) is 70.2 Å². The number of halogens is 1. The van der Waals surface area contributed by atoms with Crippen molar-refractivity contribution in [1.29, 1.82) is 0 Å². The molecule has 2 amide bonds. The first-order valence-electron chi connectivity index (χ1n) is 10.6. The number of hydrogen-bond acceptors (Lipinski definition) is 4. The summed E-state index contributed by atoms with van der Waals surface area (Å²) < 4.78 is 0. The first kappa shape index (κ1) is 21.1. The van der Waals surface area contributed by atoms with E-state index in [2.05, 4.69) is 25.7 Å². The van der Waals surface area contributed by atoms with Crippen LogP contribution in [-0.4, -0.2) is 29.3 Å². The molecule has 6 nitrogen and oxygen atoms in total. The van der Waals surface area contributed by atoms with Crippen molar-refractivity contribution < 1.29 is 4.79 Å². The summed E-state index contributed by atoms with van der Waals surface area (Å²) >= 11 is 6.11. The maximum absolute atomic E-state index is 12.3. The number of urea groups is 1. The summed E-state index contributed by atoms with van der Waals surface area (Å²) in [5, 5.41) is 15.1. The van der Waals surface area contributed by atoms with Crippen molar-refractivity contribution in [2.45, 2.75) is 32.6 Å². The Morgan fingerprint density at radius 3 is 2.32 bits per heavy atom. The van der Waals surface area contributed by atoms with E-state index in [-0.39, 0.29) is 6.03 Å². The van der Waals surface area contributed by atoms with E-state index in [9.17, 15) is 4.79 Å². The van der Waals surface area contributed by atoms with Gasteiger partial charge in [0.15, 0.2) is 5.82 Å². The molecule has 1 saturated heterocycles. The highest BCUT2D eigenvalue weighted by atomic mass is 35.5. The maximum Gasteiger partial charge on any atom is 0.323 e. The highest BCUT2D eigenvalue weighted by molar-refractivity contribution is 6.31. The summed E-state index contributed by atoms with van der Waals surface area (Å²) in [5.41, 5.74) is 3.96. The van der Waals surface area contributed by atoms with Crippen LogP contribution in [0.4, 0.5) is 22.0 Å². The predicted molar refractivity (Wildman–Crippen MR) is 127 cm³/mol. The van der Waals surface area contributed by atoms with Crippen LogP contribution in [0.2, 0.25) is 5.02 Å². The van der Waals surface area contributed by atoms with Crippen molar-refractivity contribution in [3.63, 3.8) is 0 Å². The largest absolute Gasteiger partial charge is 0.355 e. The fourth-order valence-electron chi connectivity index (χ4n) is 3.70. The summed E-state index contributed by atoms with van der Waals surface area (Å²) in [6.45, 7) is 3.96. The number of benzene rings is 2. The zero-order valence-electron chi connectivity index (χ0n) is 17.6. The lowest BCUT2D eigenvalue weighted by Gasteiger charge is -2.20. The SMILES string of the molecule is Cc1c(Cl)cccc1NC(=O)Nc1ccc(-c2ccc(N3CCCCCC3)nn2)cc1. The molecule has 0 radical (unpaired) electrons. The molecule has 0 unspecified atom stereocenters. The van der Waals surface area contributed by atoms with Crippen LogP contribution >= 0.6 is 11.6 Å². The van der Waals surface area contributed by atoms with E-state index in [0.717, 1.165) is 35.7 Å². The molecular weight excluding hydrogens is 410 g/mol. The summed E-state index contributed by atoms with van der Waals surface area (Å²) in [5.74, 6) is 0.942. The number of carbonyl (C=O) groups is 1. The molecule has 2 heterocycles. The lowest BCUT2D eigenvalue weighted by atomic mass is 10.1. The maximum atomic E-state index is 12.3. The Balaban J connectivity index is 1.38. The molecule has 0 atom stereocenters. The fourth-order valence-corrected chi connectivity index (χ4v) is 3.87. The molecule has 0 spiro atoms. The molecule has 3 aromatic rings. The minimum absolute atomic E-state index is 0.320. The number of rotatable bonds is 4. The van der Waals surface area contributed by atoms with Gasteiger partial charge in [0.25, 0.3) is 0 Å². The smallest absolute Gasteiger partial charge is 0.323 e. The number of aromatic nitrogens is 2. The van der Waals surface area contributed by atoms with E-state index in [0.29, 0.717) is 16.4 Å². The molecule has 0 saturated carbocycles. The van der Waals surface area contributed by atoms with Crippen molar-refractivity contribution in [3.05, 3.63) is 65.2 Å². The van der Waals surface area contributed by atoms with Gasteiger partial charge in [-0.25, -0.2) is 4.79 Å². The normalized spacial score (nSPS) is 14.1. The predicted octanol–water partition coefficient (Wildman–Crippen LogP) is 6.13. The molecule has 2 aromatic carbocycles. The van der Waals surface area contributed by atoms with Gasteiger partial charge in [-0.1, -0.05) is 42.6 Å². The van der Waals surface area contributed by atoms with E-state index in [1.54, 1.807) is 12.1 Å². The summed E-state index contributed by atoms with van der Waals surface area (Å²) in [6.07, 6.45) is 5.00. The molecular formula is C24H26ClN5O. The molecule has 7 heteroatoms. The minimum Gasteiger partial charge on any atom is -0.355 e. The van der Waals surface area contributed by atoms with Crippen molar-refractivity contribution in [1.82, 2.24) is 10.2 Å². The van der Waals surface area contributed by atoms with Crippen LogP contribution in [0, 0.1) is 6.92 Å². The Kier molecular flexibility index (Phi) is 6.67. The second-order valence-electron chi connectivity index (χ2n) is 7.75. The Bertz CT molecular complexity index is 1030. The molecule has 1 aliphatic rings. The van der Waals surface area contributed by atoms with E-state index >= 15 is 0 Å². The van der Waals surface area contributed by atoms with Crippen LogP contribution in [0.15, 0.2) is 54.6 Å². The van der Waals surface area contributed by atoms with Gasteiger partial charge in [0.2, 0.25) is 0 Å². The van der Waals surface area contributed by atoms with Gasteiger partial charge in [-0.05, 0) is 61.7 Å². The molecule has 2 N–H and O–H groups in total. The van der Waals surface area contributed by atoms with Crippen molar-refractivity contribution >= 4 is 34.8 Å². The van der Waals surface area contributed by atoms with Gasteiger partial charge in [0.05, 0.1) is 5.69 Å². The van der Waals surface area contributed by atoms with E-state index < -0.39 is 0 Å². The number of nitrogens with zero attached hydrogens (tertiary/aromatic N) is 3.